The lowest BCUT2D eigenvalue weighted by Crippen LogP contribution is -2.38. The van der Waals surface area contributed by atoms with Gasteiger partial charge in [-0.1, -0.05) is 38.5 Å². The summed E-state index contributed by atoms with van der Waals surface area (Å²) in [6.07, 6.45) is 4.54. The van der Waals surface area contributed by atoms with Crippen molar-refractivity contribution < 1.29 is 0 Å². The van der Waals surface area contributed by atoms with E-state index >= 15 is 0 Å². The van der Waals surface area contributed by atoms with Gasteiger partial charge in [-0.2, -0.15) is 0 Å². The Morgan fingerprint density at radius 3 is 2.63 bits per heavy atom. The summed E-state index contributed by atoms with van der Waals surface area (Å²) in [7, 11) is 0. The van der Waals surface area contributed by atoms with Crippen LogP contribution in [0.4, 0.5) is 0 Å². The van der Waals surface area contributed by atoms with Crippen molar-refractivity contribution in [3.8, 4) is 0 Å². The molecule has 35 heavy (non-hydrogen) atoms. The van der Waals surface area contributed by atoms with Gasteiger partial charge in [0.15, 0.2) is 5.82 Å². The van der Waals surface area contributed by atoms with E-state index in [4.69, 9.17) is 0 Å². The molecule has 8 heteroatoms. The number of H-pyrrole nitrogens is 1. The number of benzene rings is 1. The quantitative estimate of drug-likeness (QED) is 0.377. The summed E-state index contributed by atoms with van der Waals surface area (Å²) in [4.78, 5) is 22.8. The molecule has 1 atom stereocenters. The van der Waals surface area contributed by atoms with Crippen molar-refractivity contribution in [2.24, 2.45) is 5.92 Å². The standard InChI is InChI=1S/C27H35N7O/c1-7-27(5,6)34-25(30-31-32-34)24(18(2)3)33(16-20-9-8-12-28-15-20)17-22-14-21-13-19(4)10-11-23(21)29-26(22)35/h8-15,18,24H,7,16-17H2,1-6H3,(H,29,35). The molecule has 0 radical (unpaired) electrons. The molecule has 1 aromatic carbocycles. The summed E-state index contributed by atoms with van der Waals surface area (Å²) < 4.78 is 1.95. The average molecular weight is 474 g/mol. The van der Waals surface area contributed by atoms with Crippen LogP contribution < -0.4 is 5.56 Å². The first kappa shape index (κ1) is 24.7. The third-order valence-electron chi connectivity index (χ3n) is 6.78. The fourth-order valence-corrected chi connectivity index (χ4v) is 4.53. The number of rotatable bonds is 9. The van der Waals surface area contributed by atoms with E-state index in [0.717, 1.165) is 34.3 Å². The molecule has 184 valence electrons. The van der Waals surface area contributed by atoms with Gasteiger partial charge in [0.05, 0.1) is 11.6 Å². The predicted octanol–water partition coefficient (Wildman–Crippen LogP) is 4.76. The Hall–Kier alpha value is -3.39. The summed E-state index contributed by atoms with van der Waals surface area (Å²) in [5.74, 6) is 1.01. The highest BCUT2D eigenvalue weighted by atomic mass is 16.1. The van der Waals surface area contributed by atoms with E-state index in [1.807, 2.05) is 35.1 Å². The maximum absolute atomic E-state index is 13.1. The van der Waals surface area contributed by atoms with Crippen LogP contribution in [0.25, 0.3) is 10.9 Å². The second-order valence-corrected chi connectivity index (χ2v) is 10.3. The molecule has 0 bridgehead atoms. The Bertz CT molecular complexity index is 1340. The number of fused-ring (bicyclic) bond motifs is 1. The minimum absolute atomic E-state index is 0.0754. The number of aromatic amines is 1. The number of nitrogens with zero attached hydrogens (tertiary/aromatic N) is 6. The molecule has 1 unspecified atom stereocenters. The van der Waals surface area contributed by atoms with Crippen LogP contribution in [0.15, 0.2) is 53.6 Å². The van der Waals surface area contributed by atoms with E-state index in [2.05, 4.69) is 84.1 Å². The van der Waals surface area contributed by atoms with Gasteiger partial charge in [0.25, 0.3) is 5.56 Å². The Morgan fingerprint density at radius 1 is 1.14 bits per heavy atom. The summed E-state index contributed by atoms with van der Waals surface area (Å²) in [6.45, 7) is 13.9. The molecule has 1 N–H and O–H groups in total. The highest BCUT2D eigenvalue weighted by Crippen LogP contribution is 2.33. The van der Waals surface area contributed by atoms with Gasteiger partial charge < -0.3 is 4.98 Å². The van der Waals surface area contributed by atoms with Crippen LogP contribution in [-0.2, 0) is 18.6 Å². The first-order valence-electron chi connectivity index (χ1n) is 12.2. The number of aryl methyl sites for hydroxylation is 1. The molecule has 0 saturated carbocycles. The topological polar surface area (TPSA) is 92.6 Å². The van der Waals surface area contributed by atoms with Crippen LogP contribution in [0.1, 0.15) is 69.6 Å². The number of pyridine rings is 2. The lowest BCUT2D eigenvalue weighted by Gasteiger charge is -2.35. The van der Waals surface area contributed by atoms with E-state index < -0.39 is 0 Å². The largest absolute Gasteiger partial charge is 0.322 e. The van der Waals surface area contributed by atoms with Gasteiger partial charge in [-0.3, -0.25) is 14.7 Å². The number of hydrogen-bond acceptors (Lipinski definition) is 6. The molecule has 0 amide bonds. The SMILES string of the molecule is CCC(C)(C)n1nnnc1C(C(C)C)N(Cc1cccnc1)Cc1cc2cc(C)ccc2[nH]c1=O. The van der Waals surface area contributed by atoms with Gasteiger partial charge in [-0.15, -0.1) is 5.10 Å². The molecule has 0 aliphatic carbocycles. The fourth-order valence-electron chi connectivity index (χ4n) is 4.53. The number of aromatic nitrogens is 6. The zero-order valence-corrected chi connectivity index (χ0v) is 21.5. The van der Waals surface area contributed by atoms with Crippen LogP contribution in [0.3, 0.4) is 0 Å². The zero-order valence-electron chi connectivity index (χ0n) is 21.5. The number of nitrogens with one attached hydrogen (secondary N) is 1. The molecule has 8 nitrogen and oxygen atoms in total. The van der Waals surface area contributed by atoms with Gasteiger partial charge in [-0.25, -0.2) is 4.68 Å². The van der Waals surface area contributed by atoms with E-state index in [1.54, 1.807) is 6.20 Å². The van der Waals surface area contributed by atoms with Gasteiger partial charge in [0.1, 0.15) is 0 Å². The van der Waals surface area contributed by atoms with Crippen molar-refractivity contribution in [2.75, 3.05) is 0 Å². The number of hydrogen-bond donors (Lipinski definition) is 1. The molecule has 0 aliphatic heterocycles. The van der Waals surface area contributed by atoms with Gasteiger partial charge in [-0.05, 0) is 78.8 Å². The highest BCUT2D eigenvalue weighted by molar-refractivity contribution is 5.79. The monoisotopic (exact) mass is 473 g/mol. The maximum Gasteiger partial charge on any atom is 0.252 e. The highest BCUT2D eigenvalue weighted by Gasteiger charge is 2.33. The molecular weight excluding hydrogens is 438 g/mol. The first-order chi connectivity index (χ1) is 16.7. The van der Waals surface area contributed by atoms with Crippen LogP contribution in [0.5, 0.6) is 0 Å². The molecule has 4 aromatic rings. The van der Waals surface area contributed by atoms with Crippen molar-refractivity contribution in [3.05, 3.63) is 81.7 Å². The summed E-state index contributed by atoms with van der Waals surface area (Å²) >= 11 is 0. The smallest absolute Gasteiger partial charge is 0.252 e. The van der Waals surface area contributed by atoms with Gasteiger partial charge in [0, 0.05) is 36.6 Å². The molecule has 0 fully saturated rings. The summed E-state index contributed by atoms with van der Waals surface area (Å²) in [6, 6.07) is 12.0. The lowest BCUT2D eigenvalue weighted by molar-refractivity contribution is 0.117. The average Bonchev–Trinajstić information content (AvgIpc) is 3.30. The van der Waals surface area contributed by atoms with E-state index in [0.29, 0.717) is 18.7 Å². The Kier molecular flexibility index (Phi) is 7.12. The molecule has 3 heterocycles. The predicted molar refractivity (Wildman–Crippen MR) is 138 cm³/mol. The fraction of sp³-hybridized carbons (Fsp3) is 0.444. The van der Waals surface area contributed by atoms with Crippen molar-refractivity contribution >= 4 is 10.9 Å². The van der Waals surface area contributed by atoms with Crippen molar-refractivity contribution in [1.29, 1.82) is 0 Å². The van der Waals surface area contributed by atoms with Crippen LogP contribution >= 0.6 is 0 Å². The second kappa shape index (κ2) is 10.1. The minimum atomic E-state index is -0.232. The minimum Gasteiger partial charge on any atom is -0.322 e. The number of tetrazole rings is 1. The molecule has 4 rings (SSSR count). The first-order valence-corrected chi connectivity index (χ1v) is 12.2. The molecule has 0 aliphatic rings. The summed E-state index contributed by atoms with van der Waals surface area (Å²) in [5.41, 5.74) is 3.48. The van der Waals surface area contributed by atoms with Crippen molar-refractivity contribution in [2.45, 2.75) is 72.6 Å². The van der Waals surface area contributed by atoms with Crippen LogP contribution in [0, 0.1) is 12.8 Å². The Balaban J connectivity index is 1.81. The van der Waals surface area contributed by atoms with Crippen molar-refractivity contribution in [3.63, 3.8) is 0 Å². The zero-order chi connectivity index (χ0) is 25.2. The van der Waals surface area contributed by atoms with Crippen LogP contribution in [-0.4, -0.2) is 35.1 Å². The molecule has 3 aromatic heterocycles. The van der Waals surface area contributed by atoms with E-state index in [9.17, 15) is 4.79 Å². The van der Waals surface area contributed by atoms with E-state index in [1.165, 1.54) is 0 Å². The summed E-state index contributed by atoms with van der Waals surface area (Å²) in [5, 5.41) is 14.0. The van der Waals surface area contributed by atoms with Gasteiger partial charge in [0.2, 0.25) is 0 Å². The lowest BCUT2D eigenvalue weighted by atomic mass is 9.97. The second-order valence-electron chi connectivity index (χ2n) is 10.3. The van der Waals surface area contributed by atoms with Crippen molar-refractivity contribution in [1.82, 2.24) is 35.1 Å². The Labute approximate surface area is 206 Å². The molecule has 0 spiro atoms. The third-order valence-corrected chi connectivity index (χ3v) is 6.78. The van der Waals surface area contributed by atoms with Gasteiger partial charge >= 0.3 is 0 Å². The normalized spacial score (nSPS) is 13.1. The maximum atomic E-state index is 13.1. The van der Waals surface area contributed by atoms with E-state index in [-0.39, 0.29) is 23.1 Å². The van der Waals surface area contributed by atoms with Crippen LogP contribution in [0.2, 0.25) is 0 Å². The Morgan fingerprint density at radius 2 is 1.94 bits per heavy atom. The molecular formula is C27H35N7O. The molecule has 0 saturated heterocycles. The third kappa shape index (κ3) is 5.32.